The Hall–Kier alpha value is -1.53. The predicted octanol–water partition coefficient (Wildman–Crippen LogP) is 4.87. The van der Waals surface area contributed by atoms with Crippen LogP contribution in [0.5, 0.6) is 0 Å². The highest BCUT2D eigenvalue weighted by molar-refractivity contribution is 9.10. The van der Waals surface area contributed by atoms with E-state index in [0.717, 1.165) is 32.6 Å². The highest BCUT2D eigenvalue weighted by Gasteiger charge is 2.49. The Morgan fingerprint density at radius 1 is 0.862 bits per heavy atom. The topological polar surface area (TPSA) is 37.3 Å². The molecule has 5 heteroatoms. The van der Waals surface area contributed by atoms with Crippen molar-refractivity contribution in [1.29, 1.82) is 0 Å². The van der Waals surface area contributed by atoms with Gasteiger partial charge in [-0.15, -0.1) is 0 Å². The quantitative estimate of drug-likeness (QED) is 0.461. The van der Waals surface area contributed by atoms with E-state index in [0.29, 0.717) is 5.75 Å². The van der Waals surface area contributed by atoms with E-state index in [1.54, 1.807) is 0 Å². The maximum atomic E-state index is 12.7. The molecule has 0 heterocycles. The van der Waals surface area contributed by atoms with Crippen molar-refractivity contribution >= 4 is 45.4 Å². The minimum atomic E-state index is -2.99. The fourth-order valence-electron chi connectivity index (χ4n) is 3.84. The summed E-state index contributed by atoms with van der Waals surface area (Å²) < 4.78 is 13.7. The molecule has 0 aliphatic heterocycles. The first-order chi connectivity index (χ1) is 13.8. The summed E-state index contributed by atoms with van der Waals surface area (Å²) in [6, 6.07) is 27.8. The third-order valence-electron chi connectivity index (χ3n) is 5.57. The zero-order valence-electron chi connectivity index (χ0n) is 16.8. The van der Waals surface area contributed by atoms with Gasteiger partial charge in [0.05, 0.1) is 10.8 Å². The third-order valence-corrected chi connectivity index (χ3v) is 12.1. The highest BCUT2D eigenvalue weighted by Crippen LogP contribution is 2.39. The molecular weight excluding hydrogens is 460 g/mol. The van der Waals surface area contributed by atoms with Crippen LogP contribution in [0.1, 0.15) is 26.7 Å². The van der Waals surface area contributed by atoms with Crippen LogP contribution in [0, 0.1) is 0 Å². The van der Waals surface area contributed by atoms with Crippen LogP contribution in [-0.4, -0.2) is 23.1 Å². The molecule has 3 rings (SSSR count). The van der Waals surface area contributed by atoms with Crippen molar-refractivity contribution < 1.29 is 9.00 Å². The largest absolute Gasteiger partial charge is 0.424 e. The molecule has 0 bridgehead atoms. The third kappa shape index (κ3) is 4.97. The van der Waals surface area contributed by atoms with Crippen LogP contribution in [0.25, 0.3) is 0 Å². The van der Waals surface area contributed by atoms with Gasteiger partial charge in [-0.2, -0.15) is 0 Å². The Labute approximate surface area is 185 Å². The highest BCUT2D eigenvalue weighted by atomic mass is 79.9. The summed E-state index contributed by atoms with van der Waals surface area (Å²) in [5.74, 6) is 0.596. The minimum absolute atomic E-state index is 0.306. The molecule has 29 heavy (non-hydrogen) atoms. The standard InChI is InChI=1S/C24H27BrO2SSi/c1-24(2,18-9-19-28(26)21-16-14-20(25)15-17-21)29(27,22-10-5-3-6-11-22)23-12-7-4-8-13-23/h3-8,10-17,27H,9,18-19H2,1-2H3. The van der Waals surface area contributed by atoms with Gasteiger partial charge in [0.2, 0.25) is 0 Å². The Morgan fingerprint density at radius 2 is 1.34 bits per heavy atom. The molecule has 1 N–H and O–H groups in total. The maximum absolute atomic E-state index is 12.7. The van der Waals surface area contributed by atoms with Crippen LogP contribution in [0.2, 0.25) is 5.04 Å². The Balaban J connectivity index is 1.80. The van der Waals surface area contributed by atoms with Crippen molar-refractivity contribution in [3.8, 4) is 0 Å². The van der Waals surface area contributed by atoms with Crippen molar-refractivity contribution in [3.63, 3.8) is 0 Å². The van der Waals surface area contributed by atoms with Crippen LogP contribution in [0.3, 0.4) is 0 Å². The lowest BCUT2D eigenvalue weighted by Gasteiger charge is -2.41. The van der Waals surface area contributed by atoms with Gasteiger partial charge in [0.1, 0.15) is 0 Å². The molecule has 2 nitrogen and oxygen atoms in total. The van der Waals surface area contributed by atoms with E-state index in [2.05, 4.69) is 29.8 Å². The molecule has 0 saturated heterocycles. The smallest absolute Gasteiger partial charge is 0.258 e. The van der Waals surface area contributed by atoms with Gasteiger partial charge in [0, 0.05) is 15.1 Å². The van der Waals surface area contributed by atoms with Gasteiger partial charge in [-0.1, -0.05) is 90.4 Å². The molecular formula is C24H27BrO2SSi. The van der Waals surface area contributed by atoms with Crippen molar-refractivity contribution in [1.82, 2.24) is 0 Å². The van der Waals surface area contributed by atoms with Crippen molar-refractivity contribution in [3.05, 3.63) is 89.4 Å². The Morgan fingerprint density at radius 3 is 1.83 bits per heavy atom. The van der Waals surface area contributed by atoms with Crippen LogP contribution in [0.15, 0.2) is 94.3 Å². The normalized spacial score (nSPS) is 13.2. The summed E-state index contributed by atoms with van der Waals surface area (Å²) in [6.07, 6.45) is 1.60. The zero-order chi connectivity index (χ0) is 20.9. The van der Waals surface area contributed by atoms with Gasteiger partial charge >= 0.3 is 0 Å². The van der Waals surface area contributed by atoms with E-state index >= 15 is 0 Å². The second-order valence-corrected chi connectivity index (χ2v) is 14.3. The summed E-state index contributed by atoms with van der Waals surface area (Å²) in [5, 5.41) is 1.73. The van der Waals surface area contributed by atoms with E-state index in [4.69, 9.17) is 0 Å². The minimum Gasteiger partial charge on any atom is -0.424 e. The first-order valence-electron chi connectivity index (χ1n) is 9.82. The van der Waals surface area contributed by atoms with Gasteiger partial charge in [-0.05, 0) is 52.5 Å². The summed E-state index contributed by atoms with van der Waals surface area (Å²) in [7, 11) is -4.02. The lowest BCUT2D eigenvalue weighted by Crippen LogP contribution is -2.65. The van der Waals surface area contributed by atoms with Gasteiger partial charge in [0.25, 0.3) is 8.32 Å². The number of halogens is 1. The Bertz CT molecular complexity index is 904. The summed E-state index contributed by atoms with van der Waals surface area (Å²) in [6.45, 7) is 4.31. The lowest BCUT2D eigenvalue weighted by atomic mass is 10.1. The van der Waals surface area contributed by atoms with Crippen molar-refractivity contribution in [2.45, 2.75) is 36.6 Å². The first kappa shape index (κ1) is 22.2. The fraction of sp³-hybridized carbons (Fsp3) is 0.250. The van der Waals surface area contributed by atoms with Gasteiger partial charge in [-0.3, -0.25) is 4.21 Å². The monoisotopic (exact) mass is 486 g/mol. The maximum Gasteiger partial charge on any atom is 0.258 e. The molecule has 0 aliphatic carbocycles. The summed E-state index contributed by atoms with van der Waals surface area (Å²) >= 11 is 3.42. The number of benzene rings is 3. The van der Waals surface area contributed by atoms with Crippen LogP contribution in [0.4, 0.5) is 0 Å². The van der Waals surface area contributed by atoms with E-state index in [1.807, 2.05) is 84.9 Å². The van der Waals surface area contributed by atoms with E-state index in [-0.39, 0.29) is 5.04 Å². The van der Waals surface area contributed by atoms with Crippen LogP contribution >= 0.6 is 15.9 Å². The predicted molar refractivity (Wildman–Crippen MR) is 129 cm³/mol. The average molecular weight is 488 g/mol. The second kappa shape index (κ2) is 9.52. The molecule has 152 valence electrons. The lowest BCUT2D eigenvalue weighted by molar-refractivity contribution is 0.463. The van der Waals surface area contributed by atoms with Crippen molar-refractivity contribution in [2.24, 2.45) is 0 Å². The molecule has 0 amide bonds. The molecule has 1 unspecified atom stereocenters. The van der Waals surface area contributed by atoms with E-state index < -0.39 is 19.1 Å². The fourth-order valence-corrected chi connectivity index (χ4v) is 8.97. The van der Waals surface area contributed by atoms with Crippen molar-refractivity contribution in [2.75, 3.05) is 5.75 Å². The molecule has 0 radical (unpaired) electrons. The van der Waals surface area contributed by atoms with Crippen LogP contribution in [-0.2, 0) is 10.8 Å². The molecule has 3 aromatic carbocycles. The summed E-state index contributed by atoms with van der Waals surface area (Å²) in [5.41, 5.74) is 0. The molecule has 1 atom stereocenters. The second-order valence-electron chi connectivity index (χ2n) is 7.93. The summed E-state index contributed by atoms with van der Waals surface area (Å²) in [4.78, 5) is 13.0. The number of rotatable bonds is 8. The van der Waals surface area contributed by atoms with Crippen LogP contribution < -0.4 is 10.4 Å². The van der Waals surface area contributed by atoms with Gasteiger partial charge in [0.15, 0.2) is 0 Å². The SMILES string of the molecule is CC(C)(CCCS(=O)c1ccc(Br)cc1)[Si](O)(c1ccccc1)c1ccccc1. The number of hydrogen-bond acceptors (Lipinski definition) is 2. The Kier molecular flexibility index (Phi) is 7.27. The first-order valence-corrected chi connectivity index (χ1v) is 13.9. The molecule has 0 saturated carbocycles. The molecule has 0 aliphatic rings. The zero-order valence-corrected chi connectivity index (χ0v) is 20.2. The van der Waals surface area contributed by atoms with E-state index in [9.17, 15) is 9.00 Å². The number of hydrogen-bond donors (Lipinski definition) is 1. The van der Waals surface area contributed by atoms with Gasteiger partial charge < -0.3 is 4.80 Å². The van der Waals surface area contributed by atoms with E-state index in [1.165, 1.54) is 0 Å². The molecule has 0 spiro atoms. The molecule has 0 fully saturated rings. The average Bonchev–Trinajstić information content (AvgIpc) is 2.74. The molecule has 0 aromatic heterocycles. The molecule has 3 aromatic rings. The van der Waals surface area contributed by atoms with Gasteiger partial charge in [-0.25, -0.2) is 0 Å².